The van der Waals surface area contributed by atoms with Gasteiger partial charge in [0.15, 0.2) is 0 Å². The van der Waals surface area contributed by atoms with Crippen LogP contribution in [-0.2, 0) is 21.3 Å². The summed E-state index contributed by atoms with van der Waals surface area (Å²) in [4.78, 5) is 4.29. The van der Waals surface area contributed by atoms with Crippen LogP contribution in [0, 0.1) is 0 Å². The summed E-state index contributed by atoms with van der Waals surface area (Å²) in [6.07, 6.45) is 1.57. The molecule has 7 heteroatoms. The van der Waals surface area contributed by atoms with Gasteiger partial charge in [0.05, 0.1) is 35.3 Å². The molecule has 0 radical (unpaired) electrons. The Morgan fingerprint density at radius 1 is 1.23 bits per heavy atom. The van der Waals surface area contributed by atoms with E-state index in [1.165, 1.54) is 0 Å². The van der Waals surface area contributed by atoms with E-state index in [9.17, 15) is 8.42 Å². The zero-order valence-electron chi connectivity index (χ0n) is 12.8. The van der Waals surface area contributed by atoms with Gasteiger partial charge in [0, 0.05) is 19.6 Å². The Hall–Kier alpha value is -1.44. The predicted octanol–water partition coefficient (Wildman–Crippen LogP) is 1.48. The molecule has 0 unspecified atom stereocenters. The molecular weight excluding hydrogens is 302 g/mol. The van der Waals surface area contributed by atoms with Crippen molar-refractivity contribution in [2.75, 3.05) is 18.8 Å². The number of imidazole rings is 1. The van der Waals surface area contributed by atoms with Crippen LogP contribution in [0.3, 0.4) is 0 Å². The molecule has 2 atom stereocenters. The van der Waals surface area contributed by atoms with Crippen molar-refractivity contribution in [3.05, 3.63) is 30.6 Å². The third-order valence-electron chi connectivity index (χ3n) is 3.90. The lowest BCUT2D eigenvalue weighted by Crippen LogP contribution is -2.49. The smallest absolute Gasteiger partial charge is 0.216 e. The predicted molar refractivity (Wildman–Crippen MR) is 85.1 cm³/mol. The van der Waals surface area contributed by atoms with E-state index in [2.05, 4.69) is 4.98 Å². The average molecular weight is 323 g/mol. The number of aromatic nitrogens is 2. The van der Waals surface area contributed by atoms with E-state index in [0.29, 0.717) is 19.6 Å². The normalized spacial score (nSPS) is 23.9. The number of sulfonamides is 1. The lowest BCUT2D eigenvalue weighted by Gasteiger charge is -2.34. The molecule has 0 saturated carbocycles. The first-order valence-corrected chi connectivity index (χ1v) is 9.10. The number of hydrogen-bond donors (Lipinski definition) is 0. The Morgan fingerprint density at radius 2 is 1.91 bits per heavy atom. The molecule has 1 aromatic heterocycles. The Kier molecular flexibility index (Phi) is 4.20. The maximum Gasteiger partial charge on any atom is 0.216 e. The van der Waals surface area contributed by atoms with Crippen LogP contribution in [0.25, 0.3) is 11.0 Å². The Morgan fingerprint density at radius 3 is 2.64 bits per heavy atom. The van der Waals surface area contributed by atoms with Gasteiger partial charge in [-0.2, -0.15) is 4.31 Å². The largest absolute Gasteiger partial charge is 0.373 e. The third kappa shape index (κ3) is 3.16. The maximum atomic E-state index is 12.5. The number of nitrogens with zero attached hydrogens (tertiary/aromatic N) is 3. The highest BCUT2D eigenvalue weighted by Crippen LogP contribution is 2.16. The fourth-order valence-electron chi connectivity index (χ4n) is 2.89. The van der Waals surface area contributed by atoms with Crippen LogP contribution >= 0.6 is 0 Å². The van der Waals surface area contributed by atoms with E-state index in [1.807, 2.05) is 42.7 Å². The van der Waals surface area contributed by atoms with Gasteiger partial charge in [-0.25, -0.2) is 13.4 Å². The number of aryl methyl sites for hydroxylation is 1. The summed E-state index contributed by atoms with van der Waals surface area (Å²) in [5, 5.41) is 0. The molecule has 1 saturated heterocycles. The number of benzene rings is 1. The van der Waals surface area contributed by atoms with E-state index >= 15 is 0 Å². The maximum absolute atomic E-state index is 12.5. The number of hydrogen-bond acceptors (Lipinski definition) is 4. The summed E-state index contributed by atoms with van der Waals surface area (Å²) in [6.45, 7) is 5.07. The molecule has 2 heterocycles. The molecule has 1 aromatic carbocycles. The molecule has 0 spiro atoms. The summed E-state index contributed by atoms with van der Waals surface area (Å²) < 4.78 is 34.1. The molecule has 1 aliphatic rings. The van der Waals surface area contributed by atoms with Crippen LogP contribution in [0.4, 0.5) is 0 Å². The van der Waals surface area contributed by atoms with Crippen molar-refractivity contribution in [2.45, 2.75) is 32.6 Å². The molecule has 120 valence electrons. The molecular formula is C15H21N3O3S. The van der Waals surface area contributed by atoms with Gasteiger partial charge < -0.3 is 9.30 Å². The van der Waals surface area contributed by atoms with Crippen LogP contribution in [0.2, 0.25) is 0 Å². The highest BCUT2D eigenvalue weighted by molar-refractivity contribution is 7.89. The Bertz CT molecular complexity index is 746. The highest BCUT2D eigenvalue weighted by atomic mass is 32.2. The zero-order valence-corrected chi connectivity index (χ0v) is 13.7. The Labute approximate surface area is 130 Å². The van der Waals surface area contributed by atoms with Crippen molar-refractivity contribution in [2.24, 2.45) is 0 Å². The van der Waals surface area contributed by atoms with Crippen LogP contribution in [0.1, 0.15) is 13.8 Å². The minimum Gasteiger partial charge on any atom is -0.373 e. The van der Waals surface area contributed by atoms with E-state index in [1.54, 1.807) is 10.6 Å². The minimum absolute atomic E-state index is 0.0624. The first-order chi connectivity index (χ1) is 10.5. The van der Waals surface area contributed by atoms with Crippen LogP contribution in [-0.4, -0.2) is 53.3 Å². The topological polar surface area (TPSA) is 64.4 Å². The van der Waals surface area contributed by atoms with Gasteiger partial charge in [-0.15, -0.1) is 0 Å². The summed E-state index contributed by atoms with van der Waals surface area (Å²) in [6, 6.07) is 7.73. The molecule has 0 aliphatic carbocycles. The quantitative estimate of drug-likeness (QED) is 0.855. The van der Waals surface area contributed by atoms with Crippen molar-refractivity contribution in [3.8, 4) is 0 Å². The first kappa shape index (κ1) is 15.5. The van der Waals surface area contributed by atoms with Crippen molar-refractivity contribution >= 4 is 21.1 Å². The van der Waals surface area contributed by atoms with Crippen LogP contribution < -0.4 is 0 Å². The molecule has 1 fully saturated rings. The van der Waals surface area contributed by atoms with E-state index in [0.717, 1.165) is 11.0 Å². The number of morpholine rings is 1. The van der Waals surface area contributed by atoms with E-state index < -0.39 is 10.0 Å². The van der Waals surface area contributed by atoms with Gasteiger partial charge in [-0.1, -0.05) is 12.1 Å². The van der Waals surface area contributed by atoms with Crippen molar-refractivity contribution in [1.29, 1.82) is 0 Å². The minimum atomic E-state index is -3.29. The second-order valence-corrected chi connectivity index (χ2v) is 7.91. The molecule has 2 aromatic rings. The standard InChI is InChI=1S/C15H21N3O3S/c1-12-9-18(10-13(2)21-12)22(19,20)8-7-17-11-16-14-5-3-4-6-15(14)17/h3-6,11-13H,7-10H2,1-2H3/t12-,13-/m0/s1. The van der Waals surface area contributed by atoms with Gasteiger partial charge >= 0.3 is 0 Å². The van der Waals surface area contributed by atoms with Gasteiger partial charge in [0.2, 0.25) is 10.0 Å². The monoisotopic (exact) mass is 323 g/mol. The summed E-state index contributed by atoms with van der Waals surface area (Å²) in [5.41, 5.74) is 1.84. The van der Waals surface area contributed by atoms with E-state index in [4.69, 9.17) is 4.74 Å². The summed E-state index contributed by atoms with van der Waals surface area (Å²) in [7, 11) is -3.29. The molecule has 1 aliphatic heterocycles. The molecule has 6 nitrogen and oxygen atoms in total. The second-order valence-electron chi connectivity index (χ2n) is 5.82. The third-order valence-corrected chi connectivity index (χ3v) is 5.68. The van der Waals surface area contributed by atoms with Crippen LogP contribution in [0.5, 0.6) is 0 Å². The number of para-hydroxylation sites is 2. The molecule has 0 amide bonds. The first-order valence-electron chi connectivity index (χ1n) is 7.49. The average Bonchev–Trinajstić information content (AvgIpc) is 2.87. The fourth-order valence-corrected chi connectivity index (χ4v) is 4.45. The Balaban J connectivity index is 1.72. The van der Waals surface area contributed by atoms with Crippen molar-refractivity contribution < 1.29 is 13.2 Å². The van der Waals surface area contributed by atoms with Crippen molar-refractivity contribution in [1.82, 2.24) is 13.9 Å². The molecule has 0 N–H and O–H groups in total. The summed E-state index contributed by atoms with van der Waals surface area (Å²) >= 11 is 0. The molecule has 22 heavy (non-hydrogen) atoms. The number of rotatable bonds is 4. The zero-order chi connectivity index (χ0) is 15.7. The summed E-state index contributed by atoms with van der Waals surface area (Å²) in [5.74, 6) is 0.0762. The molecule has 3 rings (SSSR count). The number of fused-ring (bicyclic) bond motifs is 1. The lowest BCUT2D eigenvalue weighted by molar-refractivity contribution is -0.0440. The van der Waals surface area contributed by atoms with Gasteiger partial charge in [0.1, 0.15) is 0 Å². The van der Waals surface area contributed by atoms with Crippen molar-refractivity contribution in [3.63, 3.8) is 0 Å². The van der Waals surface area contributed by atoms with E-state index in [-0.39, 0.29) is 18.0 Å². The fraction of sp³-hybridized carbons (Fsp3) is 0.533. The highest BCUT2D eigenvalue weighted by Gasteiger charge is 2.30. The second kappa shape index (κ2) is 5.98. The van der Waals surface area contributed by atoms with Gasteiger partial charge in [-0.3, -0.25) is 0 Å². The SMILES string of the molecule is C[C@H]1CN(S(=O)(=O)CCn2cnc3ccccc32)C[C@H](C)O1. The molecule has 0 bridgehead atoms. The van der Waals surface area contributed by atoms with Gasteiger partial charge in [0.25, 0.3) is 0 Å². The lowest BCUT2D eigenvalue weighted by atomic mass is 10.3. The van der Waals surface area contributed by atoms with Gasteiger partial charge in [-0.05, 0) is 26.0 Å². The number of ether oxygens (including phenoxy) is 1. The van der Waals surface area contributed by atoms with Crippen LogP contribution in [0.15, 0.2) is 30.6 Å².